The van der Waals surface area contributed by atoms with Gasteiger partial charge < -0.3 is 10.6 Å². The molecule has 0 aromatic carbocycles. The Morgan fingerprint density at radius 3 is 2.25 bits per heavy atom. The van der Waals surface area contributed by atoms with Gasteiger partial charge in [-0.1, -0.05) is 0 Å². The molecule has 2 aliphatic rings. The lowest BCUT2D eigenvalue weighted by atomic mass is 10.0. The molecule has 3 nitrogen and oxygen atoms in total. The number of hydrogen-bond donors (Lipinski definition) is 1. The van der Waals surface area contributed by atoms with Crippen LogP contribution in [0, 0.1) is 11.8 Å². The van der Waals surface area contributed by atoms with Gasteiger partial charge in [0, 0.05) is 26.1 Å². The first kappa shape index (κ1) is 8.05. The van der Waals surface area contributed by atoms with Gasteiger partial charge >= 0.3 is 0 Å². The molecule has 1 aliphatic heterocycles. The molecule has 12 heavy (non-hydrogen) atoms. The first-order valence-electron chi connectivity index (χ1n) is 4.68. The first-order chi connectivity index (χ1) is 5.66. The van der Waals surface area contributed by atoms with E-state index in [9.17, 15) is 4.79 Å². The second-order valence-corrected chi connectivity index (χ2v) is 4.18. The zero-order valence-electron chi connectivity index (χ0n) is 7.49. The Balaban J connectivity index is 1.98. The predicted molar refractivity (Wildman–Crippen MR) is 46.4 cm³/mol. The van der Waals surface area contributed by atoms with Gasteiger partial charge in [0.2, 0.25) is 5.91 Å². The van der Waals surface area contributed by atoms with Crippen molar-refractivity contribution in [1.82, 2.24) is 4.90 Å². The highest BCUT2D eigenvalue weighted by Gasteiger charge is 2.40. The summed E-state index contributed by atoms with van der Waals surface area (Å²) in [4.78, 5) is 13.0. The van der Waals surface area contributed by atoms with Gasteiger partial charge in [-0.05, 0) is 24.7 Å². The second-order valence-electron chi connectivity index (χ2n) is 4.18. The van der Waals surface area contributed by atoms with Gasteiger partial charge in [0.1, 0.15) is 0 Å². The van der Waals surface area contributed by atoms with Crippen LogP contribution in [0.5, 0.6) is 0 Å². The highest BCUT2D eigenvalue weighted by atomic mass is 16.2. The van der Waals surface area contributed by atoms with E-state index in [4.69, 9.17) is 5.73 Å². The molecule has 2 fully saturated rings. The molecule has 68 valence electrons. The smallest absolute Gasteiger partial charge is 0.219 e. The zero-order valence-corrected chi connectivity index (χ0v) is 7.49. The Bertz CT molecular complexity index is 191. The van der Waals surface area contributed by atoms with Crippen LogP contribution < -0.4 is 5.73 Å². The van der Waals surface area contributed by atoms with E-state index < -0.39 is 0 Å². The lowest BCUT2D eigenvalue weighted by molar-refractivity contribution is -0.128. The van der Waals surface area contributed by atoms with Gasteiger partial charge in [0.15, 0.2) is 0 Å². The van der Waals surface area contributed by atoms with E-state index in [-0.39, 0.29) is 5.91 Å². The molecule has 1 heterocycles. The number of amides is 1. The summed E-state index contributed by atoms with van der Waals surface area (Å²) >= 11 is 0. The first-order valence-corrected chi connectivity index (χ1v) is 4.68. The molecule has 0 aromatic rings. The molecule has 1 amide bonds. The average molecular weight is 168 g/mol. The van der Waals surface area contributed by atoms with Crippen molar-refractivity contribution < 1.29 is 4.79 Å². The van der Waals surface area contributed by atoms with Crippen molar-refractivity contribution in [2.45, 2.75) is 25.8 Å². The lowest BCUT2D eigenvalue weighted by Gasteiger charge is -2.15. The van der Waals surface area contributed by atoms with E-state index in [1.165, 1.54) is 0 Å². The van der Waals surface area contributed by atoms with Crippen molar-refractivity contribution in [1.29, 1.82) is 0 Å². The fourth-order valence-corrected chi connectivity index (χ4v) is 2.60. The Morgan fingerprint density at radius 1 is 1.33 bits per heavy atom. The maximum atomic E-state index is 11.1. The van der Waals surface area contributed by atoms with Crippen LogP contribution in [0.1, 0.15) is 19.8 Å². The van der Waals surface area contributed by atoms with Crippen molar-refractivity contribution in [2.75, 3.05) is 13.1 Å². The molecule has 3 heteroatoms. The van der Waals surface area contributed by atoms with E-state index in [1.54, 1.807) is 6.92 Å². The van der Waals surface area contributed by atoms with E-state index in [1.807, 2.05) is 4.90 Å². The summed E-state index contributed by atoms with van der Waals surface area (Å²) in [6.07, 6.45) is 2.24. The molecule has 1 saturated carbocycles. The molecule has 1 unspecified atom stereocenters. The van der Waals surface area contributed by atoms with Crippen molar-refractivity contribution in [2.24, 2.45) is 17.6 Å². The van der Waals surface area contributed by atoms with Gasteiger partial charge in [0.25, 0.3) is 0 Å². The molecular weight excluding hydrogens is 152 g/mol. The summed E-state index contributed by atoms with van der Waals surface area (Å²) in [5.41, 5.74) is 5.84. The normalized spacial score (nSPS) is 40.2. The maximum Gasteiger partial charge on any atom is 0.219 e. The summed E-state index contributed by atoms with van der Waals surface area (Å²) in [5, 5.41) is 0. The largest absolute Gasteiger partial charge is 0.342 e. The standard InChI is InChI=1S/C9H16N2O/c1-6(12)11-4-7-2-9(10)3-8(7)5-11/h7-9H,2-5,10H2,1H3/t7-,8?,9-/m1/s1. The van der Waals surface area contributed by atoms with Crippen molar-refractivity contribution in [3.63, 3.8) is 0 Å². The Hall–Kier alpha value is -0.570. The number of rotatable bonds is 0. The number of likely N-dealkylation sites (tertiary alicyclic amines) is 1. The number of nitrogens with two attached hydrogens (primary N) is 1. The van der Waals surface area contributed by atoms with Gasteiger partial charge in [-0.25, -0.2) is 0 Å². The summed E-state index contributed by atoms with van der Waals surface area (Å²) in [6, 6.07) is 0.397. The van der Waals surface area contributed by atoms with Crippen LogP contribution in [-0.2, 0) is 4.79 Å². The van der Waals surface area contributed by atoms with Crippen LogP contribution in [0.3, 0.4) is 0 Å². The molecule has 1 saturated heterocycles. The average Bonchev–Trinajstić information content (AvgIpc) is 2.42. The molecule has 2 N–H and O–H groups in total. The molecule has 2 rings (SSSR count). The predicted octanol–water partition coefficient (Wildman–Crippen LogP) is 0.202. The van der Waals surface area contributed by atoms with Crippen LogP contribution in [0.15, 0.2) is 0 Å². The summed E-state index contributed by atoms with van der Waals surface area (Å²) in [7, 11) is 0. The summed E-state index contributed by atoms with van der Waals surface area (Å²) in [6.45, 7) is 3.56. The van der Waals surface area contributed by atoms with E-state index in [2.05, 4.69) is 0 Å². The third-order valence-electron chi connectivity index (χ3n) is 3.23. The minimum Gasteiger partial charge on any atom is -0.342 e. The van der Waals surface area contributed by atoms with Crippen LogP contribution in [0.2, 0.25) is 0 Å². The molecule has 0 bridgehead atoms. The molecular formula is C9H16N2O. The quantitative estimate of drug-likeness (QED) is 0.561. The van der Waals surface area contributed by atoms with Crippen molar-refractivity contribution in [3.8, 4) is 0 Å². The number of fused-ring (bicyclic) bond motifs is 1. The summed E-state index contributed by atoms with van der Waals surface area (Å²) in [5.74, 6) is 1.62. The molecule has 0 radical (unpaired) electrons. The minimum absolute atomic E-state index is 0.220. The third kappa shape index (κ3) is 1.22. The van der Waals surface area contributed by atoms with Crippen LogP contribution in [0.4, 0.5) is 0 Å². The van der Waals surface area contributed by atoms with Crippen LogP contribution in [-0.4, -0.2) is 29.9 Å². The van der Waals surface area contributed by atoms with Gasteiger partial charge in [-0.3, -0.25) is 4.79 Å². The monoisotopic (exact) mass is 168 g/mol. The van der Waals surface area contributed by atoms with Crippen LogP contribution >= 0.6 is 0 Å². The fourth-order valence-electron chi connectivity index (χ4n) is 2.60. The Morgan fingerprint density at radius 2 is 1.83 bits per heavy atom. The maximum absolute atomic E-state index is 11.1. The van der Waals surface area contributed by atoms with Gasteiger partial charge in [0.05, 0.1) is 0 Å². The summed E-state index contributed by atoms with van der Waals surface area (Å²) < 4.78 is 0. The van der Waals surface area contributed by atoms with E-state index >= 15 is 0 Å². The Kier molecular flexibility index (Phi) is 1.83. The van der Waals surface area contributed by atoms with Crippen molar-refractivity contribution in [3.05, 3.63) is 0 Å². The number of nitrogens with zero attached hydrogens (tertiary/aromatic N) is 1. The minimum atomic E-state index is 0.220. The third-order valence-corrected chi connectivity index (χ3v) is 3.23. The van der Waals surface area contributed by atoms with Crippen molar-refractivity contribution >= 4 is 5.91 Å². The molecule has 0 aromatic heterocycles. The topological polar surface area (TPSA) is 46.3 Å². The van der Waals surface area contributed by atoms with Crippen LogP contribution in [0.25, 0.3) is 0 Å². The zero-order chi connectivity index (χ0) is 8.72. The number of hydrogen-bond acceptors (Lipinski definition) is 2. The van der Waals surface area contributed by atoms with E-state index in [0.29, 0.717) is 17.9 Å². The number of carbonyl (C=O) groups excluding carboxylic acids is 1. The lowest BCUT2D eigenvalue weighted by Crippen LogP contribution is -2.29. The highest BCUT2D eigenvalue weighted by molar-refractivity contribution is 5.73. The highest BCUT2D eigenvalue weighted by Crippen LogP contribution is 2.36. The van der Waals surface area contributed by atoms with Gasteiger partial charge in [-0.15, -0.1) is 0 Å². The number of carbonyl (C=O) groups is 1. The molecule has 3 atom stereocenters. The Labute approximate surface area is 72.9 Å². The molecule has 1 aliphatic carbocycles. The molecule has 0 spiro atoms. The fraction of sp³-hybridized carbons (Fsp3) is 0.889. The van der Waals surface area contributed by atoms with E-state index in [0.717, 1.165) is 25.9 Å². The second kappa shape index (κ2) is 2.73. The van der Waals surface area contributed by atoms with Gasteiger partial charge in [-0.2, -0.15) is 0 Å². The SMILES string of the molecule is CC(=O)N1CC2C[C@H](N)C[C@@H]2C1.